The molecule has 1 N–H and O–H groups in total. The molecular formula is C31H45N. The molecule has 0 radical (unpaired) electrons. The van der Waals surface area contributed by atoms with Crippen LogP contribution in [0, 0.1) is 47.3 Å². The Morgan fingerprint density at radius 1 is 0.688 bits per heavy atom. The van der Waals surface area contributed by atoms with Crippen LogP contribution in [0.3, 0.4) is 0 Å². The van der Waals surface area contributed by atoms with Crippen molar-refractivity contribution in [2.24, 2.45) is 47.3 Å². The van der Waals surface area contributed by atoms with E-state index in [2.05, 4.69) is 41.8 Å². The topological polar surface area (TPSA) is 12.0 Å². The highest BCUT2D eigenvalue weighted by atomic mass is 14.9. The summed E-state index contributed by atoms with van der Waals surface area (Å²) in [4.78, 5) is 0. The second-order valence-electron chi connectivity index (χ2n) is 12.1. The average molecular weight is 432 g/mol. The van der Waals surface area contributed by atoms with Crippen LogP contribution in [0.4, 0.5) is 0 Å². The smallest absolute Gasteiger partial charge is 0.0135 e. The molecule has 0 aromatic heterocycles. The third kappa shape index (κ3) is 4.13. The molecule has 1 heteroatoms. The molecule has 1 heterocycles. The van der Waals surface area contributed by atoms with Gasteiger partial charge in [-0.2, -0.15) is 0 Å². The summed E-state index contributed by atoms with van der Waals surface area (Å²) in [6.45, 7) is 2.33. The van der Waals surface area contributed by atoms with Crippen LogP contribution in [0.2, 0.25) is 0 Å². The Balaban J connectivity index is 1.11. The largest absolute Gasteiger partial charge is 0.313 e. The maximum atomic E-state index is 3.66. The predicted molar refractivity (Wildman–Crippen MR) is 135 cm³/mol. The molecule has 0 aromatic rings. The summed E-state index contributed by atoms with van der Waals surface area (Å²) in [5.41, 5.74) is 3.39. The Morgan fingerprint density at radius 2 is 1.44 bits per heavy atom. The van der Waals surface area contributed by atoms with Gasteiger partial charge in [-0.3, -0.25) is 0 Å². The summed E-state index contributed by atoms with van der Waals surface area (Å²) in [5, 5.41) is 3.66. The van der Waals surface area contributed by atoms with Crippen LogP contribution in [0.25, 0.3) is 0 Å². The zero-order valence-corrected chi connectivity index (χ0v) is 20.2. The number of hydrogen-bond acceptors (Lipinski definition) is 1. The van der Waals surface area contributed by atoms with E-state index in [0.29, 0.717) is 0 Å². The summed E-state index contributed by atoms with van der Waals surface area (Å²) in [6, 6.07) is 0. The van der Waals surface area contributed by atoms with E-state index in [1.165, 1.54) is 83.6 Å². The minimum absolute atomic E-state index is 0.817. The van der Waals surface area contributed by atoms with Crippen molar-refractivity contribution in [1.82, 2.24) is 5.32 Å². The van der Waals surface area contributed by atoms with Crippen molar-refractivity contribution < 1.29 is 0 Å². The van der Waals surface area contributed by atoms with Crippen LogP contribution in [0.15, 0.2) is 47.6 Å². The van der Waals surface area contributed by atoms with Gasteiger partial charge in [0, 0.05) is 13.1 Å². The molecule has 1 nitrogen and oxygen atoms in total. The van der Waals surface area contributed by atoms with Gasteiger partial charge in [0.1, 0.15) is 0 Å². The van der Waals surface area contributed by atoms with Crippen LogP contribution in [0.1, 0.15) is 83.5 Å². The van der Waals surface area contributed by atoms with Crippen molar-refractivity contribution in [3.05, 3.63) is 47.6 Å². The van der Waals surface area contributed by atoms with E-state index in [1.807, 2.05) is 5.57 Å². The van der Waals surface area contributed by atoms with Crippen molar-refractivity contribution in [1.29, 1.82) is 0 Å². The molecule has 5 aliphatic carbocycles. The fourth-order valence-electron chi connectivity index (χ4n) is 9.32. The fraction of sp³-hybridized carbons (Fsp3) is 0.742. The van der Waals surface area contributed by atoms with Gasteiger partial charge in [0.2, 0.25) is 0 Å². The number of rotatable bonds is 3. The lowest BCUT2D eigenvalue weighted by Gasteiger charge is -2.52. The summed E-state index contributed by atoms with van der Waals surface area (Å²) in [7, 11) is 0. The van der Waals surface area contributed by atoms with Crippen LogP contribution in [-0.2, 0) is 0 Å². The Labute approximate surface area is 196 Å². The van der Waals surface area contributed by atoms with Crippen LogP contribution in [0.5, 0.6) is 0 Å². The van der Waals surface area contributed by atoms with Gasteiger partial charge < -0.3 is 5.32 Å². The first-order valence-electron chi connectivity index (χ1n) is 14.3. The van der Waals surface area contributed by atoms with E-state index in [0.717, 1.165) is 53.9 Å². The normalized spacial score (nSPS) is 44.2. The Morgan fingerprint density at radius 3 is 2.25 bits per heavy atom. The van der Waals surface area contributed by atoms with E-state index in [1.54, 1.807) is 12.0 Å². The maximum absolute atomic E-state index is 3.66. The molecule has 32 heavy (non-hydrogen) atoms. The van der Waals surface area contributed by atoms with Crippen LogP contribution >= 0.6 is 0 Å². The van der Waals surface area contributed by atoms with Crippen LogP contribution in [-0.4, -0.2) is 13.1 Å². The number of nitrogens with one attached hydrogen (secondary N) is 1. The van der Waals surface area contributed by atoms with Crippen molar-refractivity contribution in [3.8, 4) is 0 Å². The third-order valence-electron chi connectivity index (χ3n) is 10.8. The molecule has 0 amide bonds. The first kappa shape index (κ1) is 21.5. The molecular weight excluding hydrogens is 386 g/mol. The zero-order chi connectivity index (χ0) is 21.3. The summed E-state index contributed by atoms with van der Waals surface area (Å²) in [6.07, 6.45) is 33.8. The Kier molecular flexibility index (Phi) is 6.47. The maximum Gasteiger partial charge on any atom is 0.0135 e. The standard InChI is InChI=1S/C31H45N/c1-2-10-26-22(7-1)8-5-13-27(26)23-14-16-24(17-15-23)28-18-19-29(25-9-6-20-32-21-25)31-12-4-3-11-30(28)31/h1,5-9,23-25,27-32H,2-4,10-21H2. The molecule has 0 saturated heterocycles. The fourth-order valence-corrected chi connectivity index (χ4v) is 9.32. The number of fused-ring (bicyclic) bond motifs is 1. The Bertz CT molecular complexity index is 772. The SMILES string of the molecule is C1=CC2=C(CC1)C(C1CCC(C3CCC(C4C=CCNC4)C4CCCCC34)CC1)CC=C2. The highest BCUT2D eigenvalue weighted by molar-refractivity contribution is 5.42. The van der Waals surface area contributed by atoms with Crippen molar-refractivity contribution in [2.75, 3.05) is 13.1 Å². The molecule has 6 unspecified atom stereocenters. The molecule has 174 valence electrons. The van der Waals surface area contributed by atoms with Gasteiger partial charge >= 0.3 is 0 Å². The lowest BCUT2D eigenvalue weighted by molar-refractivity contribution is -0.00899. The van der Waals surface area contributed by atoms with E-state index in [4.69, 9.17) is 0 Å². The van der Waals surface area contributed by atoms with Gasteiger partial charge in [-0.05, 0) is 124 Å². The van der Waals surface area contributed by atoms with Crippen molar-refractivity contribution in [2.45, 2.75) is 83.5 Å². The van der Waals surface area contributed by atoms with Gasteiger partial charge in [0.15, 0.2) is 0 Å². The quantitative estimate of drug-likeness (QED) is 0.453. The van der Waals surface area contributed by atoms with Gasteiger partial charge in [0.25, 0.3) is 0 Å². The Hall–Kier alpha value is -1.08. The van der Waals surface area contributed by atoms with Crippen molar-refractivity contribution in [3.63, 3.8) is 0 Å². The number of allylic oxidation sites excluding steroid dienone is 6. The van der Waals surface area contributed by atoms with E-state index in [9.17, 15) is 0 Å². The second-order valence-corrected chi connectivity index (χ2v) is 12.1. The minimum atomic E-state index is 0.817. The monoisotopic (exact) mass is 431 g/mol. The van der Waals surface area contributed by atoms with Gasteiger partial charge in [-0.15, -0.1) is 0 Å². The van der Waals surface area contributed by atoms with Gasteiger partial charge in [-0.25, -0.2) is 0 Å². The van der Waals surface area contributed by atoms with Crippen molar-refractivity contribution >= 4 is 0 Å². The molecule has 1 aliphatic heterocycles. The first-order valence-corrected chi connectivity index (χ1v) is 14.3. The minimum Gasteiger partial charge on any atom is -0.313 e. The molecule has 3 fully saturated rings. The van der Waals surface area contributed by atoms with E-state index < -0.39 is 0 Å². The average Bonchev–Trinajstić information content (AvgIpc) is 2.88. The van der Waals surface area contributed by atoms with E-state index in [-0.39, 0.29) is 0 Å². The highest BCUT2D eigenvalue weighted by Gasteiger charge is 2.46. The lowest BCUT2D eigenvalue weighted by Crippen LogP contribution is -2.45. The third-order valence-corrected chi connectivity index (χ3v) is 10.8. The molecule has 6 aliphatic rings. The zero-order valence-electron chi connectivity index (χ0n) is 20.2. The first-order chi connectivity index (χ1) is 15.9. The van der Waals surface area contributed by atoms with Gasteiger partial charge in [-0.1, -0.05) is 54.9 Å². The van der Waals surface area contributed by atoms with Gasteiger partial charge in [0.05, 0.1) is 0 Å². The second kappa shape index (κ2) is 9.65. The molecule has 6 rings (SSSR count). The number of hydrogen-bond donors (Lipinski definition) is 1. The lowest BCUT2D eigenvalue weighted by atomic mass is 9.54. The highest BCUT2D eigenvalue weighted by Crippen LogP contribution is 2.54. The summed E-state index contributed by atoms with van der Waals surface area (Å²) >= 11 is 0. The molecule has 6 atom stereocenters. The summed E-state index contributed by atoms with van der Waals surface area (Å²) in [5.74, 6) is 7.78. The molecule has 0 spiro atoms. The summed E-state index contributed by atoms with van der Waals surface area (Å²) < 4.78 is 0. The molecule has 0 bridgehead atoms. The molecule has 3 saturated carbocycles. The molecule has 0 aromatic carbocycles. The van der Waals surface area contributed by atoms with E-state index >= 15 is 0 Å². The van der Waals surface area contributed by atoms with Crippen LogP contribution < -0.4 is 5.32 Å². The predicted octanol–water partition coefficient (Wildman–Crippen LogP) is 7.62.